The van der Waals surface area contributed by atoms with Gasteiger partial charge in [0.05, 0.1) is 23.3 Å². The molecule has 0 aliphatic rings. The Morgan fingerprint density at radius 2 is 1.89 bits per heavy atom. The topological polar surface area (TPSA) is 38.3 Å². The molecule has 0 spiro atoms. The molecular weight excluding hydrogens is 382 g/mol. The Morgan fingerprint density at radius 3 is 2.52 bits per heavy atom. The summed E-state index contributed by atoms with van der Waals surface area (Å²) in [6.45, 7) is 2.32. The average molecular weight is 401 g/mol. The number of alkyl halides is 3. The van der Waals surface area contributed by atoms with Crippen LogP contribution in [0.15, 0.2) is 53.4 Å². The normalized spacial score (nSPS) is 12.6. The zero-order chi connectivity index (χ0) is 19.9. The fraction of sp³-hybridized carbons (Fsp3) is 0.316. The number of esters is 1. The molecule has 27 heavy (non-hydrogen) atoms. The summed E-state index contributed by atoms with van der Waals surface area (Å²) in [5, 5.41) is 3.10. The van der Waals surface area contributed by atoms with Crippen molar-refractivity contribution in [1.29, 1.82) is 0 Å². The highest BCUT2D eigenvalue weighted by atomic mass is 32.2. The number of carbonyl (C=O) groups excluding carboxylic acids is 1. The van der Waals surface area contributed by atoms with Gasteiger partial charge in [-0.1, -0.05) is 18.2 Å². The number of halogens is 4. The van der Waals surface area contributed by atoms with Crippen molar-refractivity contribution in [3.63, 3.8) is 0 Å². The van der Waals surface area contributed by atoms with Crippen LogP contribution in [0.3, 0.4) is 0 Å². The van der Waals surface area contributed by atoms with Gasteiger partial charge in [-0.3, -0.25) is 0 Å². The summed E-state index contributed by atoms with van der Waals surface area (Å²) in [4.78, 5) is 12.3. The second-order valence-electron chi connectivity index (χ2n) is 5.99. The molecule has 1 atom stereocenters. The molecule has 0 bridgehead atoms. The zero-order valence-corrected chi connectivity index (χ0v) is 15.4. The lowest BCUT2D eigenvalue weighted by Gasteiger charge is -2.15. The van der Waals surface area contributed by atoms with Crippen LogP contribution in [0.4, 0.5) is 17.1 Å². The fourth-order valence-electron chi connectivity index (χ4n) is 2.48. The Labute approximate surface area is 159 Å². The maximum absolute atomic E-state index is 12.7. The molecule has 0 saturated carbocycles. The van der Waals surface area contributed by atoms with Crippen molar-refractivity contribution in [1.82, 2.24) is 5.32 Å². The molecule has 0 aromatic heterocycles. The van der Waals surface area contributed by atoms with E-state index in [1.807, 2.05) is 6.92 Å². The predicted molar refractivity (Wildman–Crippen MR) is 96.3 cm³/mol. The minimum atomic E-state index is -4.36. The molecule has 146 valence electrons. The molecule has 0 saturated heterocycles. The molecule has 0 radical (unpaired) electrons. The first-order chi connectivity index (χ1) is 12.8. The summed E-state index contributed by atoms with van der Waals surface area (Å²) in [5.74, 6) is -0.516. The molecule has 0 amide bonds. The zero-order valence-electron chi connectivity index (χ0n) is 14.6. The number of rotatable bonds is 8. The molecule has 1 N–H and O–H groups in total. The average Bonchev–Trinajstić information content (AvgIpc) is 2.64. The van der Waals surface area contributed by atoms with Gasteiger partial charge in [-0.25, -0.2) is 4.79 Å². The van der Waals surface area contributed by atoms with Crippen LogP contribution in [0.5, 0.6) is 0 Å². The minimum absolute atomic E-state index is 0.0898. The maximum atomic E-state index is 12.7. The standard InChI is InChI=1S/C19H19F4NO2S/c1-13(11-14-3-2-4-16(12-14)19(20,21)22)24-9-10-26-18(25)15-5-7-17(27-23)8-6-15/h2-8,12-13,24H,9-11H2,1H3. The summed E-state index contributed by atoms with van der Waals surface area (Å²) in [6, 6.07) is 11.0. The van der Waals surface area contributed by atoms with E-state index in [2.05, 4.69) is 5.32 Å². The van der Waals surface area contributed by atoms with Gasteiger partial charge < -0.3 is 10.1 Å². The van der Waals surface area contributed by atoms with Gasteiger partial charge in [0, 0.05) is 17.5 Å². The number of carbonyl (C=O) groups is 1. The monoisotopic (exact) mass is 401 g/mol. The lowest BCUT2D eigenvalue weighted by Crippen LogP contribution is -2.31. The summed E-state index contributed by atoms with van der Waals surface area (Å²) in [7, 11) is 0. The fourth-order valence-corrected chi connectivity index (χ4v) is 2.71. The van der Waals surface area contributed by atoms with Crippen LogP contribution in [0.25, 0.3) is 0 Å². The van der Waals surface area contributed by atoms with Gasteiger partial charge in [-0.15, -0.1) is 0 Å². The van der Waals surface area contributed by atoms with E-state index in [0.29, 0.717) is 29.0 Å². The van der Waals surface area contributed by atoms with E-state index < -0.39 is 17.7 Å². The molecule has 1 unspecified atom stereocenters. The minimum Gasteiger partial charge on any atom is -0.461 e. The van der Waals surface area contributed by atoms with Crippen LogP contribution in [0.1, 0.15) is 28.4 Å². The highest BCUT2D eigenvalue weighted by Gasteiger charge is 2.30. The number of hydrogen-bond donors (Lipinski definition) is 1. The number of hydrogen-bond acceptors (Lipinski definition) is 4. The third kappa shape index (κ3) is 6.88. The lowest BCUT2D eigenvalue weighted by atomic mass is 10.0. The second-order valence-corrected chi connectivity index (χ2v) is 6.62. The lowest BCUT2D eigenvalue weighted by molar-refractivity contribution is -0.137. The van der Waals surface area contributed by atoms with E-state index in [0.717, 1.165) is 12.1 Å². The second kappa shape index (κ2) is 9.75. The van der Waals surface area contributed by atoms with Gasteiger partial charge in [0.25, 0.3) is 0 Å². The van der Waals surface area contributed by atoms with Gasteiger partial charge >= 0.3 is 12.1 Å². The Morgan fingerprint density at radius 1 is 1.19 bits per heavy atom. The van der Waals surface area contributed by atoms with E-state index in [-0.39, 0.29) is 24.8 Å². The van der Waals surface area contributed by atoms with Crippen LogP contribution < -0.4 is 5.32 Å². The van der Waals surface area contributed by atoms with Crippen molar-refractivity contribution in [3.8, 4) is 0 Å². The van der Waals surface area contributed by atoms with E-state index in [1.54, 1.807) is 6.07 Å². The molecule has 3 nitrogen and oxygen atoms in total. The van der Waals surface area contributed by atoms with Crippen molar-refractivity contribution >= 4 is 18.1 Å². The summed E-state index contributed by atoms with van der Waals surface area (Å²) < 4.78 is 55.7. The molecule has 0 aliphatic carbocycles. The molecule has 0 fully saturated rings. The molecule has 0 aliphatic heterocycles. The molecule has 0 heterocycles. The first kappa shape index (κ1) is 21.2. The van der Waals surface area contributed by atoms with Crippen molar-refractivity contribution in [3.05, 3.63) is 65.2 Å². The maximum Gasteiger partial charge on any atom is 0.416 e. The van der Waals surface area contributed by atoms with Gasteiger partial charge in [-0.2, -0.15) is 17.1 Å². The summed E-state index contributed by atoms with van der Waals surface area (Å²) in [5.41, 5.74) is 0.232. The van der Waals surface area contributed by atoms with Crippen LogP contribution in [-0.2, 0) is 17.3 Å². The highest BCUT2D eigenvalue weighted by molar-refractivity contribution is 7.94. The van der Waals surface area contributed by atoms with E-state index in [9.17, 15) is 21.9 Å². The molecule has 8 heteroatoms. The molecule has 2 aromatic rings. The summed E-state index contributed by atoms with van der Waals surface area (Å²) >= 11 is 0.0921. The molecule has 2 rings (SSSR count). The van der Waals surface area contributed by atoms with Crippen molar-refractivity contribution in [2.75, 3.05) is 13.2 Å². The van der Waals surface area contributed by atoms with Crippen molar-refractivity contribution in [2.45, 2.75) is 30.5 Å². The van der Waals surface area contributed by atoms with Crippen molar-refractivity contribution in [2.24, 2.45) is 0 Å². The Kier molecular flexibility index (Phi) is 7.67. The molecular formula is C19H19F4NO2S. The number of nitrogens with one attached hydrogen (secondary N) is 1. The van der Waals surface area contributed by atoms with Crippen molar-refractivity contribution < 1.29 is 26.6 Å². The van der Waals surface area contributed by atoms with Crippen LogP contribution >= 0.6 is 12.1 Å². The van der Waals surface area contributed by atoms with Gasteiger partial charge in [0.2, 0.25) is 0 Å². The van der Waals surface area contributed by atoms with Crippen LogP contribution in [-0.4, -0.2) is 25.2 Å². The molecule has 2 aromatic carbocycles. The SMILES string of the molecule is CC(Cc1cccc(C(F)(F)F)c1)NCCOC(=O)c1ccc(SF)cc1. The van der Waals surface area contributed by atoms with Crippen LogP contribution in [0.2, 0.25) is 0 Å². The first-order valence-electron chi connectivity index (χ1n) is 8.25. The predicted octanol–water partition coefficient (Wildman–Crippen LogP) is 5.06. The quantitative estimate of drug-likeness (QED) is 0.381. The Hall–Kier alpha value is -2.06. The van der Waals surface area contributed by atoms with Gasteiger partial charge in [-0.05, 0) is 49.2 Å². The Bertz CT molecular complexity index is 750. The number of ether oxygens (including phenoxy) is 1. The number of benzene rings is 2. The van der Waals surface area contributed by atoms with E-state index in [4.69, 9.17) is 4.74 Å². The van der Waals surface area contributed by atoms with E-state index >= 15 is 0 Å². The van der Waals surface area contributed by atoms with E-state index in [1.165, 1.54) is 30.3 Å². The summed E-state index contributed by atoms with van der Waals surface area (Å²) in [6.07, 6.45) is -3.94. The highest BCUT2D eigenvalue weighted by Crippen LogP contribution is 2.29. The Balaban J connectivity index is 1.74. The third-order valence-corrected chi connectivity index (χ3v) is 4.25. The largest absolute Gasteiger partial charge is 0.461 e. The first-order valence-corrected chi connectivity index (χ1v) is 8.96. The van der Waals surface area contributed by atoms with Gasteiger partial charge in [0.15, 0.2) is 0 Å². The smallest absolute Gasteiger partial charge is 0.416 e. The third-order valence-electron chi connectivity index (χ3n) is 3.80. The van der Waals surface area contributed by atoms with Crippen LogP contribution in [0, 0.1) is 0 Å². The van der Waals surface area contributed by atoms with Gasteiger partial charge in [0.1, 0.15) is 6.61 Å².